The lowest BCUT2D eigenvalue weighted by atomic mass is 9.42. The topological polar surface area (TPSA) is 393 Å². The third-order valence-corrected chi connectivity index (χ3v) is 23.9. The molecule has 6 saturated heterocycles. The zero-order chi connectivity index (χ0) is 70.8. The lowest BCUT2D eigenvalue weighted by Crippen LogP contribution is -2.78. The molecule has 0 radical (unpaired) electrons. The summed E-state index contributed by atoms with van der Waals surface area (Å²) in [5.41, 5.74) is -6.32. The normalized spacial score (nSPS) is 50.5. The monoisotopic (exact) mass is 1390 g/mol. The highest BCUT2D eigenvalue weighted by Crippen LogP contribution is 2.71. The van der Waals surface area contributed by atoms with Crippen LogP contribution < -0.4 is 0 Å². The summed E-state index contributed by atoms with van der Waals surface area (Å²) in [5.74, 6) is -1.71. The van der Waals surface area contributed by atoms with Gasteiger partial charge in [0.1, 0.15) is 96.2 Å². The van der Waals surface area contributed by atoms with Gasteiger partial charge in [-0.05, 0) is 105 Å². The Balaban J connectivity index is 0.705. The van der Waals surface area contributed by atoms with E-state index in [9.17, 15) is 60.7 Å². The van der Waals surface area contributed by atoms with Gasteiger partial charge in [0, 0.05) is 66.1 Å². The van der Waals surface area contributed by atoms with Crippen LogP contribution in [0.1, 0.15) is 140 Å². The second kappa shape index (κ2) is 30.7. The Hall–Kier alpha value is -2.42. The molecule has 0 aromatic heterocycles. The van der Waals surface area contributed by atoms with E-state index in [0.717, 1.165) is 11.1 Å². The molecule has 0 unspecified atom stereocenters. The number of hydrogen-bond acceptors (Lipinski definition) is 29. The molecule has 10 N–H and O–H groups in total. The fraction of sp³-hybridized carbons (Fsp3) is 0.912. The van der Waals surface area contributed by atoms with Crippen molar-refractivity contribution in [2.75, 3.05) is 41.7 Å². The van der Waals surface area contributed by atoms with Gasteiger partial charge in [0.25, 0.3) is 0 Å². The predicted octanol–water partition coefficient (Wildman–Crippen LogP) is 0.773. The smallest absolute Gasteiger partial charge is 0.330 e. The Bertz CT molecular complexity index is 2720. The average molecular weight is 1390 g/mol. The highest BCUT2D eigenvalue weighted by atomic mass is 16.8. The zero-order valence-corrected chi connectivity index (χ0v) is 58.4. The summed E-state index contributed by atoms with van der Waals surface area (Å²) in [4.78, 5) is 27.0. The van der Waals surface area contributed by atoms with E-state index in [2.05, 4.69) is 6.92 Å². The van der Waals surface area contributed by atoms with E-state index in [1.165, 1.54) is 20.1 Å². The second-order valence-electron chi connectivity index (χ2n) is 29.5. The average Bonchev–Trinajstić information content (AvgIpc) is 1.58. The van der Waals surface area contributed by atoms with E-state index in [1.807, 2.05) is 47.6 Å². The van der Waals surface area contributed by atoms with Gasteiger partial charge in [-0.3, -0.25) is 4.79 Å². The van der Waals surface area contributed by atoms with Gasteiger partial charge in [-0.2, -0.15) is 0 Å². The number of Topliss-reactive ketones (excluding diaryl/α,β-unsaturated/α-hetero) is 1. The number of carbonyl (C=O) groups is 2. The lowest BCUT2D eigenvalue weighted by Gasteiger charge is -2.67. The Labute approximate surface area is 567 Å². The molecule has 10 aliphatic rings. The van der Waals surface area contributed by atoms with Crippen LogP contribution >= 0.6 is 0 Å². The predicted molar refractivity (Wildman–Crippen MR) is 334 cm³/mol. The van der Waals surface area contributed by atoms with Gasteiger partial charge >= 0.3 is 5.97 Å². The number of aliphatic hydroxyl groups is 10. The number of methoxy groups -OCH3 is 4. The van der Waals surface area contributed by atoms with Crippen molar-refractivity contribution < 1.29 is 141 Å². The fourth-order valence-corrected chi connectivity index (χ4v) is 17.6. The molecule has 0 aromatic rings. The van der Waals surface area contributed by atoms with Crippen LogP contribution in [0.5, 0.6) is 0 Å². The third kappa shape index (κ3) is 14.4. The maximum Gasteiger partial charge on any atom is 0.330 e. The molecule has 0 amide bonds. The van der Waals surface area contributed by atoms with E-state index < -0.39 is 224 Å². The van der Waals surface area contributed by atoms with Gasteiger partial charge in [0.2, 0.25) is 0 Å². The number of aliphatic hydroxyl groups excluding tert-OH is 7. The minimum Gasteiger partial charge on any atom is -0.458 e. The number of hydrogen-bond donors (Lipinski definition) is 10. The first-order valence-electron chi connectivity index (χ1n) is 34.6. The first-order valence-corrected chi connectivity index (χ1v) is 34.6. The molecule has 4 aliphatic carbocycles. The number of esters is 1. The van der Waals surface area contributed by atoms with E-state index in [-0.39, 0.29) is 50.5 Å². The Morgan fingerprint density at radius 2 is 1.01 bits per heavy atom. The summed E-state index contributed by atoms with van der Waals surface area (Å²) in [6.45, 7) is 16.6. The molecule has 556 valence electrons. The SMILES string of the molecule is CO[C@H]1C[C@H](O[C@H]2[C@@H](OC)C[C@H](O[C@H]3CC[C@@]4(C)C(=CC[C@]5(O)[C@@H]4C[C@@H](OC(=O)/C=C(\C)C(C)C)[C@@]4(C)[C@]5(O)CC[C@@]4(O)C(C)=O)C3)O[C@@H]2C)O[C@@H](C)[C@H]1O[C@H]1C[C@H](OC)[C@H](O[C@H]2C[C@@H](OC)[C@@H](O[C@@H]3O[C@H](CO)[C@@H](O[C@@H]4O[C@H](CO)[C@@H](O)[C@H](O)[C@H]4O)[C@H](O)[C@H]3O)[C@H](C)O2)[C@@H](C)O1. The van der Waals surface area contributed by atoms with E-state index in [4.69, 9.17) is 80.5 Å². The summed E-state index contributed by atoms with van der Waals surface area (Å²) in [6, 6.07) is 0. The van der Waals surface area contributed by atoms with Crippen LogP contribution in [-0.2, 0) is 90.1 Å². The van der Waals surface area contributed by atoms with Crippen LogP contribution in [0.2, 0.25) is 0 Å². The summed E-state index contributed by atoms with van der Waals surface area (Å²) >= 11 is 0. The number of fused-ring (bicyclic) bond motifs is 5. The zero-order valence-electron chi connectivity index (χ0n) is 58.4. The van der Waals surface area contributed by atoms with Crippen molar-refractivity contribution in [3.05, 3.63) is 23.3 Å². The summed E-state index contributed by atoms with van der Waals surface area (Å²) in [7, 11) is 6.25. The van der Waals surface area contributed by atoms with Crippen LogP contribution in [0.15, 0.2) is 23.3 Å². The molecule has 9 fully saturated rings. The molecular weight excluding hydrogens is 1280 g/mol. The number of rotatable bonds is 22. The fourth-order valence-electron chi connectivity index (χ4n) is 17.6. The number of ketones is 1. The van der Waals surface area contributed by atoms with Gasteiger partial charge in [-0.25, -0.2) is 4.79 Å². The standard InChI is InChI=1S/C68H110O29/c1-30(2)31(3)21-47(72)92-46-27-45-64(9)17-16-38(22-37(64)15-18-67(45,79)68(80)20-19-66(78,36(8)71)65(46,68)10)89-48-23-39(81-11)57(32(4)85-48)93-49-24-40(82-12)58(33(5)86-49)94-50-25-41(83-13)59(34(6)87-50)95-51-26-42(84-14)60(35(7)88-51)96-63-56(77)54(75)61(44(29-70)91-63)97-62-55(76)53(74)52(73)43(28-69)90-62/h15,21,30,32-35,38-46,48-63,69-70,73-80H,16-20,22-29H2,1-14H3/b31-21+/t32-,33+,34-,35+,38+,39+,40+,41+,42-,43-,44-,45-,46-,48+,49+,50+,51+,52-,53+,54-,55-,56-,57-,58-,59-,60+,61-,62+,63+,64+,65-,66-,67+,68-/m1/s1. The van der Waals surface area contributed by atoms with Gasteiger partial charge in [-0.15, -0.1) is 0 Å². The largest absolute Gasteiger partial charge is 0.458 e. The molecule has 0 spiro atoms. The quantitative estimate of drug-likeness (QED) is 0.0407. The first kappa shape index (κ1) is 77.2. The molecule has 6 heterocycles. The van der Waals surface area contributed by atoms with Crippen molar-refractivity contribution in [1.82, 2.24) is 0 Å². The van der Waals surface area contributed by atoms with Crippen LogP contribution in [0, 0.1) is 22.7 Å². The van der Waals surface area contributed by atoms with Crippen molar-refractivity contribution in [3.63, 3.8) is 0 Å². The van der Waals surface area contributed by atoms with Crippen molar-refractivity contribution >= 4 is 11.8 Å². The molecule has 97 heavy (non-hydrogen) atoms. The molecule has 29 heteroatoms. The molecule has 34 atom stereocenters. The van der Waals surface area contributed by atoms with Gasteiger partial charge in [0.15, 0.2) is 43.5 Å². The summed E-state index contributed by atoms with van der Waals surface area (Å²) in [5, 5.41) is 112. The highest BCUT2D eigenvalue weighted by Gasteiger charge is 2.81. The summed E-state index contributed by atoms with van der Waals surface area (Å²) < 4.78 is 106. The Morgan fingerprint density at radius 3 is 1.46 bits per heavy atom. The van der Waals surface area contributed by atoms with Crippen LogP contribution in [0.4, 0.5) is 0 Å². The molecule has 10 rings (SSSR count). The summed E-state index contributed by atoms with van der Waals surface area (Å²) in [6.07, 6.45) is -21.8. The van der Waals surface area contributed by atoms with E-state index in [1.54, 1.807) is 35.2 Å². The number of allylic oxidation sites excluding steroid dienone is 1. The maximum atomic E-state index is 13.6. The van der Waals surface area contributed by atoms with Crippen LogP contribution in [0.3, 0.4) is 0 Å². The Kier molecular flexibility index (Phi) is 24.5. The third-order valence-electron chi connectivity index (χ3n) is 23.9. The molecule has 6 aliphatic heterocycles. The van der Waals surface area contributed by atoms with Crippen molar-refractivity contribution in [3.8, 4) is 0 Å². The highest BCUT2D eigenvalue weighted by molar-refractivity contribution is 5.87. The number of ether oxygens (including phenoxy) is 17. The minimum atomic E-state index is -2.05. The van der Waals surface area contributed by atoms with E-state index in [0.29, 0.717) is 32.1 Å². The van der Waals surface area contributed by atoms with Crippen LogP contribution in [-0.4, -0.2) is 293 Å². The molecular formula is C68H110O29. The first-order chi connectivity index (χ1) is 45.8. The lowest BCUT2D eigenvalue weighted by molar-refractivity contribution is -0.376. The minimum absolute atomic E-state index is 0.0601. The number of carbonyl (C=O) groups excluding carboxylic acids is 2. The van der Waals surface area contributed by atoms with Crippen molar-refractivity contribution in [1.29, 1.82) is 0 Å². The van der Waals surface area contributed by atoms with Gasteiger partial charge in [-0.1, -0.05) is 38.0 Å². The molecule has 29 nitrogen and oxygen atoms in total. The van der Waals surface area contributed by atoms with Crippen molar-refractivity contribution in [2.24, 2.45) is 22.7 Å². The van der Waals surface area contributed by atoms with E-state index >= 15 is 0 Å². The maximum absolute atomic E-state index is 13.6. The van der Waals surface area contributed by atoms with Crippen LogP contribution in [0.25, 0.3) is 0 Å². The van der Waals surface area contributed by atoms with Gasteiger partial charge < -0.3 is 132 Å². The van der Waals surface area contributed by atoms with Crippen molar-refractivity contribution in [2.45, 2.75) is 329 Å². The molecule has 3 saturated carbocycles. The molecule has 0 aromatic carbocycles. The second-order valence-corrected chi connectivity index (χ2v) is 29.5. The van der Waals surface area contributed by atoms with Gasteiger partial charge in [0.05, 0.1) is 73.6 Å². The Morgan fingerprint density at radius 1 is 0.567 bits per heavy atom. The molecule has 0 bridgehead atoms.